The molecule has 1 N–H and O–H groups in total. The van der Waals surface area contributed by atoms with Crippen molar-refractivity contribution in [1.82, 2.24) is 4.31 Å². The predicted octanol–water partition coefficient (Wildman–Crippen LogP) is 3.90. The quantitative estimate of drug-likeness (QED) is 0.710. The van der Waals surface area contributed by atoms with Crippen LogP contribution in [-0.4, -0.2) is 44.2 Å². The largest absolute Gasteiger partial charge is 0.326 e. The first kappa shape index (κ1) is 22.8. The van der Waals surface area contributed by atoms with E-state index in [4.69, 9.17) is 11.6 Å². The number of nitrogens with one attached hydrogen (secondary N) is 1. The van der Waals surface area contributed by atoms with Crippen molar-refractivity contribution in [3.05, 3.63) is 53.6 Å². The van der Waals surface area contributed by atoms with Crippen molar-refractivity contribution >= 4 is 44.8 Å². The van der Waals surface area contributed by atoms with Gasteiger partial charge in [-0.1, -0.05) is 36.6 Å². The number of amides is 2. The summed E-state index contributed by atoms with van der Waals surface area (Å²) in [7, 11) is -3.54. The molecule has 0 saturated carbocycles. The Hall–Kier alpha value is -2.42. The first-order valence-corrected chi connectivity index (χ1v) is 12.6. The molecule has 7 nitrogen and oxygen atoms in total. The van der Waals surface area contributed by atoms with Crippen LogP contribution in [0.25, 0.3) is 0 Å². The van der Waals surface area contributed by atoms with Crippen LogP contribution in [0.1, 0.15) is 32.1 Å². The van der Waals surface area contributed by atoms with Crippen LogP contribution in [-0.2, 0) is 19.6 Å². The molecule has 2 aliphatic rings. The number of carbonyl (C=O) groups excluding carboxylic acids is 2. The van der Waals surface area contributed by atoms with Crippen molar-refractivity contribution in [3.63, 3.8) is 0 Å². The van der Waals surface area contributed by atoms with Crippen molar-refractivity contribution in [3.8, 4) is 0 Å². The van der Waals surface area contributed by atoms with Crippen LogP contribution in [0.15, 0.2) is 53.4 Å². The number of carbonyl (C=O) groups is 2. The minimum atomic E-state index is -3.54. The summed E-state index contributed by atoms with van der Waals surface area (Å²) in [5.74, 6) is -0.951. The van der Waals surface area contributed by atoms with Crippen molar-refractivity contribution in [2.45, 2.75) is 37.0 Å². The molecule has 0 spiro atoms. The average molecular weight is 476 g/mol. The monoisotopic (exact) mass is 475 g/mol. The SMILES string of the molecule is O=C(Nc1ccc(S(=O)(=O)N2CCCCCC2)cc1)C1CC(=O)N(c2ccccc2Cl)C1. The van der Waals surface area contributed by atoms with E-state index in [1.54, 1.807) is 40.7 Å². The molecule has 0 bridgehead atoms. The maximum atomic E-state index is 12.9. The fraction of sp³-hybridized carbons (Fsp3) is 0.391. The summed E-state index contributed by atoms with van der Waals surface area (Å²) in [6.45, 7) is 1.33. The van der Waals surface area contributed by atoms with E-state index in [9.17, 15) is 18.0 Å². The number of hydrogen-bond donors (Lipinski definition) is 1. The Kier molecular flexibility index (Phi) is 6.83. The molecule has 0 radical (unpaired) electrons. The van der Waals surface area contributed by atoms with Gasteiger partial charge in [-0.2, -0.15) is 4.31 Å². The van der Waals surface area contributed by atoms with Gasteiger partial charge < -0.3 is 10.2 Å². The Labute approximate surface area is 193 Å². The molecule has 2 heterocycles. The van der Waals surface area contributed by atoms with Crippen molar-refractivity contribution < 1.29 is 18.0 Å². The Morgan fingerprint density at radius 2 is 1.62 bits per heavy atom. The molecule has 0 aliphatic carbocycles. The van der Waals surface area contributed by atoms with Gasteiger partial charge in [-0.05, 0) is 49.2 Å². The summed E-state index contributed by atoms with van der Waals surface area (Å²) >= 11 is 6.20. The van der Waals surface area contributed by atoms with E-state index in [1.807, 2.05) is 0 Å². The molecular formula is C23H26ClN3O4S. The topological polar surface area (TPSA) is 86.8 Å². The number of sulfonamides is 1. The molecule has 1 unspecified atom stereocenters. The van der Waals surface area contributed by atoms with Gasteiger partial charge in [-0.25, -0.2) is 8.42 Å². The summed E-state index contributed by atoms with van der Waals surface area (Å²) in [4.78, 5) is 26.9. The van der Waals surface area contributed by atoms with Crippen LogP contribution >= 0.6 is 11.6 Å². The van der Waals surface area contributed by atoms with Crippen LogP contribution in [0.2, 0.25) is 5.02 Å². The molecular weight excluding hydrogens is 450 g/mol. The van der Waals surface area contributed by atoms with Gasteiger partial charge in [-0.15, -0.1) is 0 Å². The fourth-order valence-corrected chi connectivity index (χ4v) is 5.93. The number of anilines is 2. The summed E-state index contributed by atoms with van der Waals surface area (Å²) < 4.78 is 27.3. The van der Waals surface area contributed by atoms with E-state index >= 15 is 0 Å². The van der Waals surface area contributed by atoms with Crippen LogP contribution < -0.4 is 10.2 Å². The minimum Gasteiger partial charge on any atom is -0.326 e. The number of para-hydroxylation sites is 1. The lowest BCUT2D eigenvalue weighted by molar-refractivity contribution is -0.122. The molecule has 9 heteroatoms. The van der Waals surface area contributed by atoms with E-state index in [2.05, 4.69) is 5.32 Å². The van der Waals surface area contributed by atoms with Crippen LogP contribution in [0, 0.1) is 5.92 Å². The van der Waals surface area contributed by atoms with Gasteiger partial charge in [0.2, 0.25) is 21.8 Å². The van der Waals surface area contributed by atoms with E-state index in [0.717, 1.165) is 25.7 Å². The number of nitrogens with zero attached hydrogens (tertiary/aromatic N) is 2. The molecule has 2 saturated heterocycles. The first-order valence-electron chi connectivity index (χ1n) is 10.8. The van der Waals surface area contributed by atoms with Gasteiger partial charge >= 0.3 is 0 Å². The molecule has 32 heavy (non-hydrogen) atoms. The third-order valence-electron chi connectivity index (χ3n) is 5.96. The second-order valence-electron chi connectivity index (χ2n) is 8.19. The first-order chi connectivity index (χ1) is 15.4. The molecule has 2 amide bonds. The van der Waals surface area contributed by atoms with E-state index in [0.29, 0.717) is 29.5 Å². The summed E-state index contributed by atoms with van der Waals surface area (Å²) in [5.41, 5.74) is 1.09. The molecule has 0 aromatic heterocycles. The smallest absolute Gasteiger partial charge is 0.243 e. The van der Waals surface area contributed by atoms with Crippen LogP contribution in [0.5, 0.6) is 0 Å². The van der Waals surface area contributed by atoms with Gasteiger partial charge in [0.15, 0.2) is 0 Å². The highest BCUT2D eigenvalue weighted by Crippen LogP contribution is 2.31. The number of rotatable bonds is 5. The maximum absolute atomic E-state index is 12.9. The normalized spacial score (nSPS) is 20.2. The third kappa shape index (κ3) is 4.82. The Balaban J connectivity index is 1.41. The Morgan fingerprint density at radius 3 is 2.28 bits per heavy atom. The van der Waals surface area contributed by atoms with Gasteiger partial charge in [0.25, 0.3) is 0 Å². The van der Waals surface area contributed by atoms with Crippen molar-refractivity contribution in [2.75, 3.05) is 29.9 Å². The molecule has 2 aromatic rings. The van der Waals surface area contributed by atoms with E-state index in [-0.39, 0.29) is 29.7 Å². The average Bonchev–Trinajstić information content (AvgIpc) is 2.98. The van der Waals surface area contributed by atoms with Gasteiger partial charge in [-0.3, -0.25) is 9.59 Å². The van der Waals surface area contributed by atoms with Gasteiger partial charge in [0.05, 0.1) is 21.5 Å². The molecule has 2 fully saturated rings. The molecule has 2 aliphatic heterocycles. The van der Waals surface area contributed by atoms with Crippen molar-refractivity contribution in [2.24, 2.45) is 5.92 Å². The maximum Gasteiger partial charge on any atom is 0.243 e. The van der Waals surface area contributed by atoms with Crippen molar-refractivity contribution in [1.29, 1.82) is 0 Å². The molecule has 170 valence electrons. The summed E-state index contributed by atoms with van der Waals surface area (Å²) in [6.07, 6.45) is 3.94. The minimum absolute atomic E-state index is 0.0957. The second kappa shape index (κ2) is 9.60. The summed E-state index contributed by atoms with van der Waals surface area (Å²) in [6, 6.07) is 13.3. The van der Waals surface area contributed by atoms with E-state index in [1.165, 1.54) is 17.0 Å². The van der Waals surface area contributed by atoms with Gasteiger partial charge in [0.1, 0.15) is 0 Å². The Bertz CT molecular complexity index is 1100. The third-order valence-corrected chi connectivity index (χ3v) is 8.20. The van der Waals surface area contributed by atoms with E-state index < -0.39 is 15.9 Å². The zero-order chi connectivity index (χ0) is 22.7. The highest BCUT2D eigenvalue weighted by Gasteiger charge is 2.36. The zero-order valence-electron chi connectivity index (χ0n) is 17.7. The molecule has 1 atom stereocenters. The fourth-order valence-electron chi connectivity index (χ4n) is 4.17. The molecule has 4 rings (SSSR count). The number of hydrogen-bond acceptors (Lipinski definition) is 4. The van der Waals surface area contributed by atoms with Crippen LogP contribution in [0.3, 0.4) is 0 Å². The Morgan fingerprint density at radius 1 is 0.969 bits per heavy atom. The van der Waals surface area contributed by atoms with Gasteiger partial charge in [0, 0.05) is 31.7 Å². The lowest BCUT2D eigenvalue weighted by atomic mass is 10.1. The highest BCUT2D eigenvalue weighted by atomic mass is 35.5. The lowest BCUT2D eigenvalue weighted by Gasteiger charge is -2.20. The van der Waals surface area contributed by atoms with Crippen LogP contribution in [0.4, 0.5) is 11.4 Å². The predicted molar refractivity (Wildman–Crippen MR) is 124 cm³/mol. The standard InChI is InChI=1S/C23H26ClN3O4S/c24-20-7-3-4-8-21(20)27-16-17(15-22(27)28)23(29)25-18-9-11-19(12-10-18)32(30,31)26-13-5-1-2-6-14-26/h3-4,7-12,17H,1-2,5-6,13-16H2,(H,25,29). The highest BCUT2D eigenvalue weighted by molar-refractivity contribution is 7.89. The zero-order valence-corrected chi connectivity index (χ0v) is 19.2. The number of benzene rings is 2. The summed E-state index contributed by atoms with van der Waals surface area (Å²) in [5, 5.41) is 3.26. The second-order valence-corrected chi connectivity index (χ2v) is 10.5. The lowest BCUT2D eigenvalue weighted by Crippen LogP contribution is -2.32. The number of halogens is 1. The molecule has 2 aromatic carbocycles.